The highest BCUT2D eigenvalue weighted by atomic mass is 32.2. The third-order valence-corrected chi connectivity index (χ3v) is 5.16. The van der Waals surface area contributed by atoms with Gasteiger partial charge in [-0.25, -0.2) is 4.90 Å². The lowest BCUT2D eigenvalue weighted by Crippen LogP contribution is -2.47. The first-order valence-electron chi connectivity index (χ1n) is 8.15. The van der Waals surface area contributed by atoms with Crippen LogP contribution in [0.5, 0.6) is 0 Å². The van der Waals surface area contributed by atoms with Crippen LogP contribution in [0.4, 0.5) is 0 Å². The summed E-state index contributed by atoms with van der Waals surface area (Å²) in [4.78, 5) is 13.8. The molecule has 1 aliphatic rings. The highest BCUT2D eigenvalue weighted by Gasteiger charge is 2.42. The minimum atomic E-state index is -1.11. The van der Waals surface area contributed by atoms with Crippen molar-refractivity contribution in [1.82, 2.24) is 4.90 Å². The van der Waals surface area contributed by atoms with E-state index in [2.05, 4.69) is 12.1 Å². The first-order valence-corrected chi connectivity index (χ1v) is 9.20. The fourth-order valence-corrected chi connectivity index (χ4v) is 3.94. The van der Waals surface area contributed by atoms with Crippen LogP contribution in [0.15, 0.2) is 30.3 Å². The summed E-state index contributed by atoms with van der Waals surface area (Å²) in [5, 5.41) is 10.6. The number of methoxy groups -OCH3 is 1. The van der Waals surface area contributed by atoms with E-state index in [4.69, 9.17) is 9.47 Å². The van der Waals surface area contributed by atoms with E-state index in [9.17, 15) is 9.90 Å². The van der Waals surface area contributed by atoms with Gasteiger partial charge in [0.2, 0.25) is 6.41 Å². The fourth-order valence-electron chi connectivity index (χ4n) is 2.73. The molecule has 0 spiro atoms. The second-order valence-electron chi connectivity index (χ2n) is 6.95. The van der Waals surface area contributed by atoms with Gasteiger partial charge in [0, 0.05) is 17.5 Å². The molecule has 0 saturated carbocycles. The van der Waals surface area contributed by atoms with Crippen LogP contribution in [0, 0.1) is 0 Å². The number of likely N-dealkylation sites (tertiary alicyclic amines) is 1. The lowest BCUT2D eigenvalue weighted by Gasteiger charge is -2.32. The number of carbonyl (C=O) groups is 1. The summed E-state index contributed by atoms with van der Waals surface area (Å²) in [5.41, 5.74) is 0.761. The summed E-state index contributed by atoms with van der Waals surface area (Å²) in [6.45, 7) is 6.22. The molecular formula is C18H27NO4S. The Bertz CT molecular complexity index is 532. The van der Waals surface area contributed by atoms with Gasteiger partial charge in [0.05, 0.1) is 12.7 Å². The third kappa shape index (κ3) is 5.48. The van der Waals surface area contributed by atoms with Crippen LogP contribution in [0.25, 0.3) is 0 Å². The number of esters is 1. The van der Waals surface area contributed by atoms with Gasteiger partial charge in [0.15, 0.2) is 0 Å². The molecule has 1 aromatic carbocycles. The number of hydrogen-bond acceptors (Lipinski definition) is 6. The van der Waals surface area contributed by atoms with Gasteiger partial charge in [-0.1, -0.05) is 30.3 Å². The fraction of sp³-hybridized carbons (Fsp3) is 0.611. The average Bonchev–Trinajstić information content (AvgIpc) is 2.96. The van der Waals surface area contributed by atoms with Crippen molar-refractivity contribution in [1.29, 1.82) is 0 Å². The zero-order valence-corrected chi connectivity index (χ0v) is 15.6. The van der Waals surface area contributed by atoms with E-state index in [0.717, 1.165) is 5.75 Å². The van der Waals surface area contributed by atoms with Crippen molar-refractivity contribution in [2.75, 3.05) is 13.7 Å². The number of thioether (sulfide) groups is 1. The summed E-state index contributed by atoms with van der Waals surface area (Å²) < 4.78 is 10.5. The summed E-state index contributed by atoms with van der Waals surface area (Å²) in [5.74, 6) is 0.554. The number of benzene rings is 1. The monoisotopic (exact) mass is 353 g/mol. The van der Waals surface area contributed by atoms with Gasteiger partial charge in [-0.3, -0.25) is 4.79 Å². The van der Waals surface area contributed by atoms with Crippen molar-refractivity contribution in [3.05, 3.63) is 35.9 Å². The Morgan fingerprint density at radius 1 is 1.38 bits per heavy atom. The standard InChI is InChI=1S/C18H27NO4S/c1-18(2,3)23-17(21)19-11-14(10-15(19)16(20)22-4)24-12-13-8-6-5-7-9-13/h5-9,14-15,17,21H,10-12H2,1-4H3/t14-,15+,17?/m1/s1. The molecule has 134 valence electrons. The van der Waals surface area contributed by atoms with Crippen molar-refractivity contribution in [3.8, 4) is 0 Å². The van der Waals surface area contributed by atoms with Crippen molar-refractivity contribution in [3.63, 3.8) is 0 Å². The number of carbonyl (C=O) groups excluding carboxylic acids is 1. The van der Waals surface area contributed by atoms with Crippen LogP contribution < -0.4 is 0 Å². The first kappa shape index (κ1) is 19.2. The van der Waals surface area contributed by atoms with E-state index in [0.29, 0.717) is 13.0 Å². The molecule has 1 saturated heterocycles. The van der Waals surface area contributed by atoms with E-state index in [1.165, 1.54) is 12.7 Å². The molecule has 1 fully saturated rings. The molecule has 5 nitrogen and oxygen atoms in total. The van der Waals surface area contributed by atoms with Crippen LogP contribution in [-0.4, -0.2) is 52.9 Å². The number of hydrogen-bond donors (Lipinski definition) is 1. The summed E-state index contributed by atoms with van der Waals surface area (Å²) in [6, 6.07) is 9.76. The molecule has 0 radical (unpaired) electrons. The Labute approximate surface area is 148 Å². The van der Waals surface area contributed by atoms with E-state index < -0.39 is 18.1 Å². The summed E-state index contributed by atoms with van der Waals surface area (Å²) in [6.07, 6.45) is -0.467. The largest absolute Gasteiger partial charge is 0.468 e. The number of ether oxygens (including phenoxy) is 2. The molecule has 1 N–H and O–H groups in total. The van der Waals surface area contributed by atoms with Gasteiger partial charge < -0.3 is 14.6 Å². The maximum absolute atomic E-state index is 12.1. The lowest BCUT2D eigenvalue weighted by atomic mass is 10.2. The van der Waals surface area contributed by atoms with E-state index in [-0.39, 0.29) is 11.2 Å². The van der Waals surface area contributed by atoms with E-state index in [1.807, 2.05) is 39.0 Å². The van der Waals surface area contributed by atoms with Crippen LogP contribution >= 0.6 is 11.8 Å². The van der Waals surface area contributed by atoms with Gasteiger partial charge in [0.25, 0.3) is 0 Å². The molecule has 0 bridgehead atoms. The number of rotatable bonds is 6. The van der Waals surface area contributed by atoms with Crippen molar-refractivity contribution >= 4 is 17.7 Å². The molecule has 2 rings (SSSR count). The molecule has 6 heteroatoms. The van der Waals surface area contributed by atoms with Crippen LogP contribution in [-0.2, 0) is 20.0 Å². The SMILES string of the molecule is COC(=O)[C@@H]1C[C@@H](SCc2ccccc2)CN1C(O)OC(C)(C)C. The zero-order chi connectivity index (χ0) is 17.7. The first-order chi connectivity index (χ1) is 11.3. The molecule has 1 heterocycles. The maximum Gasteiger partial charge on any atom is 0.323 e. The van der Waals surface area contributed by atoms with Gasteiger partial charge in [-0.2, -0.15) is 11.8 Å². The van der Waals surface area contributed by atoms with Crippen molar-refractivity contribution < 1.29 is 19.4 Å². The van der Waals surface area contributed by atoms with Gasteiger partial charge >= 0.3 is 5.97 Å². The Kier molecular flexibility index (Phi) is 6.69. The van der Waals surface area contributed by atoms with Crippen molar-refractivity contribution in [2.24, 2.45) is 0 Å². The molecule has 1 aliphatic heterocycles. The Hall–Kier alpha value is -1.08. The number of aliphatic hydroxyl groups excluding tert-OH is 1. The quantitative estimate of drug-likeness (QED) is 0.627. The van der Waals surface area contributed by atoms with Crippen LogP contribution in [0.2, 0.25) is 0 Å². The smallest absolute Gasteiger partial charge is 0.323 e. The molecule has 0 aliphatic carbocycles. The molecule has 1 aromatic rings. The van der Waals surface area contributed by atoms with E-state index in [1.54, 1.807) is 16.7 Å². The minimum absolute atomic E-state index is 0.243. The molecule has 1 unspecified atom stereocenters. The topological polar surface area (TPSA) is 59.0 Å². The molecular weight excluding hydrogens is 326 g/mol. The number of nitrogens with zero attached hydrogens (tertiary/aromatic N) is 1. The van der Waals surface area contributed by atoms with Gasteiger partial charge in [-0.05, 0) is 32.8 Å². The molecule has 24 heavy (non-hydrogen) atoms. The van der Waals surface area contributed by atoms with E-state index >= 15 is 0 Å². The summed E-state index contributed by atoms with van der Waals surface area (Å²) >= 11 is 1.79. The van der Waals surface area contributed by atoms with Crippen molar-refractivity contribution in [2.45, 2.75) is 56.3 Å². The third-order valence-electron chi connectivity index (χ3n) is 3.85. The minimum Gasteiger partial charge on any atom is -0.468 e. The molecule has 3 atom stereocenters. The second-order valence-corrected chi connectivity index (χ2v) is 8.24. The van der Waals surface area contributed by atoms with Gasteiger partial charge in [0.1, 0.15) is 6.04 Å². The Morgan fingerprint density at radius 2 is 2.04 bits per heavy atom. The maximum atomic E-state index is 12.1. The Morgan fingerprint density at radius 3 is 2.62 bits per heavy atom. The Balaban J connectivity index is 1.99. The normalized spacial score (nSPS) is 23.2. The molecule has 0 aromatic heterocycles. The predicted molar refractivity (Wildman–Crippen MR) is 95.5 cm³/mol. The number of aliphatic hydroxyl groups is 1. The summed E-state index contributed by atoms with van der Waals surface area (Å²) in [7, 11) is 1.38. The molecule has 0 amide bonds. The highest BCUT2D eigenvalue weighted by molar-refractivity contribution is 7.99. The second kappa shape index (κ2) is 8.34. The van der Waals surface area contributed by atoms with Gasteiger partial charge in [-0.15, -0.1) is 0 Å². The highest BCUT2D eigenvalue weighted by Crippen LogP contribution is 2.32. The predicted octanol–water partition coefficient (Wildman–Crippen LogP) is 2.63. The average molecular weight is 353 g/mol. The van der Waals surface area contributed by atoms with Crippen LogP contribution in [0.3, 0.4) is 0 Å². The zero-order valence-electron chi connectivity index (χ0n) is 14.8. The van der Waals surface area contributed by atoms with Crippen LogP contribution in [0.1, 0.15) is 32.8 Å². The lowest BCUT2D eigenvalue weighted by molar-refractivity contribution is -0.243.